The van der Waals surface area contributed by atoms with Crippen LogP contribution in [0.4, 0.5) is 0 Å². The minimum atomic E-state index is 0. The maximum absolute atomic E-state index is 12.2. The van der Waals surface area contributed by atoms with E-state index < -0.39 is 0 Å². The fraction of sp³-hybridized carbons (Fsp3) is 0.412. The molecule has 130 valence electrons. The van der Waals surface area contributed by atoms with Crippen LogP contribution in [0.25, 0.3) is 11.3 Å². The molecular weight excluding hydrogens is 328 g/mol. The summed E-state index contributed by atoms with van der Waals surface area (Å²) in [6.45, 7) is 4.27. The zero-order valence-corrected chi connectivity index (χ0v) is 14.6. The van der Waals surface area contributed by atoms with Gasteiger partial charge in [0.25, 0.3) is 0 Å². The smallest absolute Gasteiger partial charge is 0.236 e. The number of nitrogens with one attached hydrogen (secondary N) is 1. The average Bonchev–Trinajstić information content (AvgIpc) is 3.04. The van der Waals surface area contributed by atoms with Gasteiger partial charge in [-0.1, -0.05) is 35.5 Å². The summed E-state index contributed by atoms with van der Waals surface area (Å²) < 4.78 is 5.39. The molecule has 0 radical (unpaired) electrons. The highest BCUT2D eigenvalue weighted by atomic mass is 35.5. The Hall–Kier alpha value is -1.89. The second-order valence-corrected chi connectivity index (χ2v) is 5.85. The molecule has 0 aliphatic carbocycles. The molecule has 1 aliphatic rings. The molecule has 1 aromatic heterocycles. The third-order valence-corrected chi connectivity index (χ3v) is 3.93. The van der Waals surface area contributed by atoms with E-state index in [1.54, 1.807) is 0 Å². The van der Waals surface area contributed by atoms with Crippen LogP contribution in [0.2, 0.25) is 0 Å². The first-order valence-electron chi connectivity index (χ1n) is 7.90. The molecule has 2 heterocycles. The number of hydrogen-bond acceptors (Lipinski definition) is 5. The average molecular weight is 351 g/mol. The minimum Gasteiger partial charge on any atom is -0.359 e. The van der Waals surface area contributed by atoms with Gasteiger partial charge in [-0.3, -0.25) is 9.69 Å². The highest BCUT2D eigenvalue weighted by Gasteiger charge is 2.18. The number of halogens is 1. The Kier molecular flexibility index (Phi) is 6.78. The third-order valence-electron chi connectivity index (χ3n) is 3.93. The van der Waals surface area contributed by atoms with E-state index in [1.165, 1.54) is 0 Å². The van der Waals surface area contributed by atoms with Crippen LogP contribution in [-0.4, -0.2) is 60.6 Å². The Labute approximate surface area is 148 Å². The van der Waals surface area contributed by atoms with Gasteiger partial charge in [0.15, 0.2) is 5.76 Å². The minimum absolute atomic E-state index is 0. The Morgan fingerprint density at radius 3 is 2.71 bits per heavy atom. The lowest BCUT2D eigenvalue weighted by atomic mass is 10.1. The van der Waals surface area contributed by atoms with E-state index >= 15 is 0 Å². The van der Waals surface area contributed by atoms with Crippen molar-refractivity contribution in [3.05, 3.63) is 42.2 Å². The number of amides is 1. The van der Waals surface area contributed by atoms with E-state index in [9.17, 15) is 4.79 Å². The maximum Gasteiger partial charge on any atom is 0.236 e. The van der Waals surface area contributed by atoms with Crippen LogP contribution in [0, 0.1) is 0 Å². The number of nitrogens with zero attached hydrogens (tertiary/aromatic N) is 3. The van der Waals surface area contributed by atoms with Crippen molar-refractivity contribution in [3.63, 3.8) is 0 Å². The Morgan fingerprint density at radius 1 is 1.29 bits per heavy atom. The summed E-state index contributed by atoms with van der Waals surface area (Å²) in [5.74, 6) is 0.927. The third kappa shape index (κ3) is 4.80. The summed E-state index contributed by atoms with van der Waals surface area (Å²) in [5, 5.41) is 7.35. The number of carbonyl (C=O) groups is 1. The number of piperazine rings is 1. The van der Waals surface area contributed by atoms with Gasteiger partial charge in [0, 0.05) is 37.8 Å². The number of aromatic nitrogens is 1. The molecule has 2 aromatic rings. The normalized spacial score (nSPS) is 14.5. The molecule has 0 spiro atoms. The molecule has 6 nitrogen and oxygen atoms in total. The van der Waals surface area contributed by atoms with Crippen molar-refractivity contribution < 1.29 is 9.32 Å². The van der Waals surface area contributed by atoms with E-state index in [4.69, 9.17) is 4.52 Å². The van der Waals surface area contributed by atoms with Gasteiger partial charge >= 0.3 is 0 Å². The van der Waals surface area contributed by atoms with E-state index in [1.807, 2.05) is 53.2 Å². The predicted molar refractivity (Wildman–Crippen MR) is 95.0 cm³/mol. The fourth-order valence-corrected chi connectivity index (χ4v) is 2.70. The Balaban J connectivity index is 0.00000208. The lowest BCUT2D eigenvalue weighted by molar-refractivity contribution is -0.132. The molecule has 1 saturated heterocycles. The van der Waals surface area contributed by atoms with Crippen LogP contribution in [0.1, 0.15) is 5.76 Å². The lowest BCUT2D eigenvalue weighted by Gasteiger charge is -2.29. The topological polar surface area (TPSA) is 61.6 Å². The van der Waals surface area contributed by atoms with Gasteiger partial charge in [-0.15, -0.1) is 12.4 Å². The number of hydrogen-bond donors (Lipinski definition) is 1. The highest BCUT2D eigenvalue weighted by molar-refractivity contribution is 5.85. The van der Waals surface area contributed by atoms with Crippen LogP contribution in [0.5, 0.6) is 0 Å². The zero-order valence-electron chi connectivity index (χ0n) is 13.8. The first kappa shape index (κ1) is 18.4. The molecule has 7 heteroatoms. The van der Waals surface area contributed by atoms with Crippen molar-refractivity contribution >= 4 is 18.3 Å². The van der Waals surface area contributed by atoms with Gasteiger partial charge in [0.2, 0.25) is 5.91 Å². The quantitative estimate of drug-likeness (QED) is 0.888. The van der Waals surface area contributed by atoms with Crippen LogP contribution in [0.3, 0.4) is 0 Å². The molecular formula is C17H23ClN4O2. The van der Waals surface area contributed by atoms with Crippen LogP contribution < -0.4 is 5.32 Å². The Bertz CT molecular complexity index is 641. The summed E-state index contributed by atoms with van der Waals surface area (Å²) in [6, 6.07) is 11.9. The molecule has 0 saturated carbocycles. The molecule has 0 unspecified atom stereocenters. The molecule has 0 atom stereocenters. The van der Waals surface area contributed by atoms with E-state index in [0.29, 0.717) is 13.1 Å². The van der Waals surface area contributed by atoms with Crippen molar-refractivity contribution in [2.45, 2.75) is 6.54 Å². The van der Waals surface area contributed by atoms with Gasteiger partial charge in [0.05, 0.1) is 13.1 Å². The molecule has 24 heavy (non-hydrogen) atoms. The molecule has 0 bridgehead atoms. The molecule has 1 aromatic carbocycles. The summed E-state index contributed by atoms with van der Waals surface area (Å²) in [7, 11) is 1.92. The summed E-state index contributed by atoms with van der Waals surface area (Å²) >= 11 is 0. The molecule has 1 amide bonds. The van der Waals surface area contributed by atoms with Crippen LogP contribution in [0.15, 0.2) is 40.9 Å². The standard InChI is InChI=1S/C17H22N4O2.ClH/c1-20(13-17(22)21-9-7-18-8-10-21)12-15-11-16(19-23-15)14-5-3-2-4-6-14;/h2-6,11,18H,7-10,12-13H2,1H3;1H. The molecule has 1 aliphatic heterocycles. The SMILES string of the molecule is CN(CC(=O)N1CCNCC1)Cc1cc(-c2ccccc2)no1.Cl. The van der Waals surface area contributed by atoms with Gasteiger partial charge < -0.3 is 14.7 Å². The number of carbonyl (C=O) groups excluding carboxylic acids is 1. The molecule has 1 fully saturated rings. The van der Waals surface area contributed by atoms with Gasteiger partial charge in [0.1, 0.15) is 5.69 Å². The summed E-state index contributed by atoms with van der Waals surface area (Å²) in [5.41, 5.74) is 1.85. The van der Waals surface area contributed by atoms with E-state index in [2.05, 4.69) is 10.5 Å². The number of likely N-dealkylation sites (N-methyl/N-ethyl adjacent to an activating group) is 1. The van der Waals surface area contributed by atoms with Crippen molar-refractivity contribution in [2.24, 2.45) is 0 Å². The second kappa shape index (κ2) is 8.82. The van der Waals surface area contributed by atoms with E-state index in [-0.39, 0.29) is 18.3 Å². The summed E-state index contributed by atoms with van der Waals surface area (Å²) in [4.78, 5) is 16.1. The van der Waals surface area contributed by atoms with Crippen molar-refractivity contribution in [1.82, 2.24) is 20.3 Å². The van der Waals surface area contributed by atoms with Crippen LogP contribution >= 0.6 is 12.4 Å². The van der Waals surface area contributed by atoms with Crippen molar-refractivity contribution in [2.75, 3.05) is 39.8 Å². The molecule has 3 rings (SSSR count). The number of benzene rings is 1. The largest absolute Gasteiger partial charge is 0.359 e. The molecule has 1 N–H and O–H groups in total. The van der Waals surface area contributed by atoms with Gasteiger partial charge in [-0.25, -0.2) is 0 Å². The maximum atomic E-state index is 12.2. The van der Waals surface area contributed by atoms with Crippen molar-refractivity contribution in [1.29, 1.82) is 0 Å². The van der Waals surface area contributed by atoms with E-state index in [0.717, 1.165) is 43.2 Å². The monoisotopic (exact) mass is 350 g/mol. The van der Waals surface area contributed by atoms with Gasteiger partial charge in [-0.05, 0) is 7.05 Å². The van der Waals surface area contributed by atoms with Gasteiger partial charge in [-0.2, -0.15) is 0 Å². The Morgan fingerprint density at radius 2 is 2.00 bits per heavy atom. The first-order valence-corrected chi connectivity index (χ1v) is 7.90. The van der Waals surface area contributed by atoms with Crippen molar-refractivity contribution in [3.8, 4) is 11.3 Å². The fourth-order valence-electron chi connectivity index (χ4n) is 2.70. The summed E-state index contributed by atoms with van der Waals surface area (Å²) in [6.07, 6.45) is 0. The van der Waals surface area contributed by atoms with Crippen LogP contribution in [-0.2, 0) is 11.3 Å². The number of rotatable bonds is 5. The highest BCUT2D eigenvalue weighted by Crippen LogP contribution is 2.19. The lowest BCUT2D eigenvalue weighted by Crippen LogP contribution is -2.49. The predicted octanol–water partition coefficient (Wildman–Crippen LogP) is 1.63. The first-order chi connectivity index (χ1) is 11.2. The zero-order chi connectivity index (χ0) is 16.1. The second-order valence-electron chi connectivity index (χ2n) is 5.85.